The summed E-state index contributed by atoms with van der Waals surface area (Å²) in [5, 5.41) is 17.3. The Bertz CT molecular complexity index is 643. The van der Waals surface area contributed by atoms with Crippen LogP contribution < -0.4 is 15.5 Å². The molecule has 0 aliphatic carbocycles. The quantitative estimate of drug-likeness (QED) is 0.266. The second-order valence-electron chi connectivity index (χ2n) is 8.15. The Morgan fingerprint density at radius 1 is 1.20 bits per heavy atom. The van der Waals surface area contributed by atoms with Crippen LogP contribution in [-0.4, -0.2) is 85.6 Å². The van der Waals surface area contributed by atoms with Gasteiger partial charge in [-0.15, -0.1) is 24.0 Å². The Kier molecular flexibility index (Phi) is 10.6. The minimum absolute atomic E-state index is 0. The Labute approximate surface area is 197 Å². The molecule has 0 aromatic carbocycles. The molecule has 2 aliphatic rings. The Hall–Kier alpha value is -1.17. The van der Waals surface area contributed by atoms with E-state index in [4.69, 9.17) is 4.74 Å². The topological polar surface area (TPSA) is 85.2 Å². The summed E-state index contributed by atoms with van der Waals surface area (Å²) in [6, 6.07) is 4.19. The summed E-state index contributed by atoms with van der Waals surface area (Å²) >= 11 is 0. The number of aliphatic imine (C=N–C) groups is 1. The summed E-state index contributed by atoms with van der Waals surface area (Å²) in [4.78, 5) is 13.8. The molecular weight excluding hydrogens is 495 g/mol. The Balaban J connectivity index is 0.00000320. The van der Waals surface area contributed by atoms with Crippen LogP contribution >= 0.6 is 24.0 Å². The van der Waals surface area contributed by atoms with Gasteiger partial charge in [0.1, 0.15) is 5.82 Å². The molecule has 8 nitrogen and oxygen atoms in total. The van der Waals surface area contributed by atoms with Crippen LogP contribution in [0.2, 0.25) is 0 Å². The maximum atomic E-state index is 10.8. The van der Waals surface area contributed by atoms with E-state index in [9.17, 15) is 5.11 Å². The van der Waals surface area contributed by atoms with Crippen molar-refractivity contribution in [3.8, 4) is 0 Å². The molecule has 3 N–H and O–H groups in total. The molecule has 0 bridgehead atoms. The van der Waals surface area contributed by atoms with Crippen LogP contribution in [0.4, 0.5) is 5.82 Å². The molecule has 0 amide bonds. The molecule has 0 saturated carbocycles. The molecule has 1 aromatic heterocycles. The lowest BCUT2D eigenvalue weighted by molar-refractivity contribution is -0.0201. The largest absolute Gasteiger partial charge is 0.387 e. The van der Waals surface area contributed by atoms with Crippen molar-refractivity contribution in [3.63, 3.8) is 0 Å². The molecule has 1 aromatic rings. The van der Waals surface area contributed by atoms with E-state index in [-0.39, 0.29) is 24.0 Å². The molecule has 3 heterocycles. The second-order valence-corrected chi connectivity index (χ2v) is 8.15. The number of hydrogen-bond donors (Lipinski definition) is 3. The van der Waals surface area contributed by atoms with Crippen LogP contribution in [0.1, 0.15) is 32.3 Å². The smallest absolute Gasteiger partial charge is 0.191 e. The minimum Gasteiger partial charge on any atom is -0.387 e. The molecule has 1 unspecified atom stereocenters. The SMILES string of the molecule is CCNC(=NCc1ccc(N2CCCC2)nc1)NCC(C)(O)CN1CCOCC1.I. The predicted octanol–water partition coefficient (Wildman–Crippen LogP) is 1.44. The summed E-state index contributed by atoms with van der Waals surface area (Å²) in [6.45, 7) is 11.7. The first kappa shape index (κ1) is 25.1. The van der Waals surface area contributed by atoms with Gasteiger partial charge in [-0.2, -0.15) is 0 Å². The number of hydrogen-bond acceptors (Lipinski definition) is 6. The monoisotopic (exact) mass is 532 g/mol. The highest BCUT2D eigenvalue weighted by Gasteiger charge is 2.25. The van der Waals surface area contributed by atoms with Crippen molar-refractivity contribution in [2.75, 3.05) is 63.9 Å². The Morgan fingerprint density at radius 2 is 1.93 bits per heavy atom. The number of aliphatic hydroxyl groups is 1. The number of nitrogens with zero attached hydrogens (tertiary/aromatic N) is 4. The van der Waals surface area contributed by atoms with Gasteiger partial charge >= 0.3 is 0 Å². The summed E-state index contributed by atoms with van der Waals surface area (Å²) in [5.41, 5.74) is 0.233. The van der Waals surface area contributed by atoms with Crippen LogP contribution in [0.5, 0.6) is 0 Å². The van der Waals surface area contributed by atoms with Crippen LogP contribution in [0.25, 0.3) is 0 Å². The second kappa shape index (κ2) is 12.6. The first-order chi connectivity index (χ1) is 14.1. The van der Waals surface area contributed by atoms with Gasteiger partial charge in [0.2, 0.25) is 0 Å². The van der Waals surface area contributed by atoms with E-state index < -0.39 is 5.60 Å². The van der Waals surface area contributed by atoms with Crippen molar-refractivity contribution >= 4 is 35.8 Å². The Morgan fingerprint density at radius 3 is 2.57 bits per heavy atom. The molecule has 9 heteroatoms. The highest BCUT2D eigenvalue weighted by atomic mass is 127. The predicted molar refractivity (Wildman–Crippen MR) is 132 cm³/mol. The maximum absolute atomic E-state index is 10.8. The van der Waals surface area contributed by atoms with Crippen molar-refractivity contribution in [3.05, 3.63) is 23.9 Å². The van der Waals surface area contributed by atoms with Gasteiger partial charge in [0, 0.05) is 52.0 Å². The fourth-order valence-corrected chi connectivity index (χ4v) is 3.73. The highest BCUT2D eigenvalue weighted by molar-refractivity contribution is 14.0. The maximum Gasteiger partial charge on any atom is 0.191 e. The normalized spacial score (nSPS) is 19.8. The van der Waals surface area contributed by atoms with E-state index in [1.807, 2.05) is 20.0 Å². The number of β-amino-alcohol motifs (C(OH)–C–C–N with tert-alkyl or cyclic N) is 1. The third-order valence-corrected chi connectivity index (χ3v) is 5.31. The molecule has 1 atom stereocenters. The van der Waals surface area contributed by atoms with Gasteiger partial charge in [-0.1, -0.05) is 6.07 Å². The van der Waals surface area contributed by atoms with E-state index in [0.29, 0.717) is 25.6 Å². The average Bonchev–Trinajstić information content (AvgIpc) is 3.26. The zero-order valence-corrected chi connectivity index (χ0v) is 20.6. The van der Waals surface area contributed by atoms with E-state index in [0.717, 1.165) is 57.3 Å². The van der Waals surface area contributed by atoms with Crippen molar-refractivity contribution in [1.29, 1.82) is 0 Å². The molecule has 0 radical (unpaired) electrons. The van der Waals surface area contributed by atoms with Gasteiger partial charge in [0.15, 0.2) is 5.96 Å². The first-order valence-electron chi connectivity index (χ1n) is 10.8. The number of anilines is 1. The van der Waals surface area contributed by atoms with Gasteiger partial charge in [0.25, 0.3) is 0 Å². The molecule has 170 valence electrons. The standard InChI is InChI=1S/C21H36N6O2.HI/c1-3-22-20(25-16-21(2,28)17-26-10-12-29-13-11-26)24-15-18-6-7-19(23-14-18)27-8-4-5-9-27;/h6-7,14,28H,3-5,8-13,15-17H2,1-2H3,(H2,22,24,25);1H. The minimum atomic E-state index is -0.841. The summed E-state index contributed by atoms with van der Waals surface area (Å²) in [6.07, 6.45) is 4.41. The highest BCUT2D eigenvalue weighted by Crippen LogP contribution is 2.17. The number of pyridine rings is 1. The van der Waals surface area contributed by atoms with Crippen LogP contribution in [0.3, 0.4) is 0 Å². The molecule has 2 fully saturated rings. The lowest BCUT2D eigenvalue weighted by atomic mass is 10.1. The molecule has 30 heavy (non-hydrogen) atoms. The van der Waals surface area contributed by atoms with Crippen molar-refractivity contribution in [2.24, 2.45) is 4.99 Å². The lowest BCUT2D eigenvalue weighted by Crippen LogP contribution is -2.52. The van der Waals surface area contributed by atoms with Crippen molar-refractivity contribution in [2.45, 2.75) is 38.8 Å². The molecule has 0 spiro atoms. The molecular formula is C21H37IN6O2. The number of aromatic nitrogens is 1. The summed E-state index contributed by atoms with van der Waals surface area (Å²) in [7, 11) is 0. The van der Waals surface area contributed by atoms with Gasteiger partial charge < -0.3 is 25.4 Å². The fourth-order valence-electron chi connectivity index (χ4n) is 3.73. The van der Waals surface area contributed by atoms with Crippen LogP contribution in [-0.2, 0) is 11.3 Å². The number of morpholine rings is 1. The number of ether oxygens (including phenoxy) is 1. The average molecular weight is 532 g/mol. The number of nitrogens with one attached hydrogen (secondary N) is 2. The number of rotatable bonds is 8. The van der Waals surface area contributed by atoms with E-state index >= 15 is 0 Å². The van der Waals surface area contributed by atoms with Crippen molar-refractivity contribution in [1.82, 2.24) is 20.5 Å². The zero-order chi connectivity index (χ0) is 20.5. The lowest BCUT2D eigenvalue weighted by Gasteiger charge is -2.34. The first-order valence-corrected chi connectivity index (χ1v) is 10.8. The van der Waals surface area contributed by atoms with E-state index in [2.05, 4.69) is 42.5 Å². The van der Waals surface area contributed by atoms with Gasteiger partial charge in [-0.3, -0.25) is 4.90 Å². The van der Waals surface area contributed by atoms with E-state index in [1.54, 1.807) is 0 Å². The summed E-state index contributed by atoms with van der Waals surface area (Å²) in [5.74, 6) is 1.76. The third kappa shape index (κ3) is 8.16. The van der Waals surface area contributed by atoms with E-state index in [1.165, 1.54) is 12.8 Å². The summed E-state index contributed by atoms with van der Waals surface area (Å²) < 4.78 is 5.38. The molecule has 3 rings (SSSR count). The van der Waals surface area contributed by atoms with Crippen LogP contribution in [0.15, 0.2) is 23.3 Å². The van der Waals surface area contributed by atoms with Crippen molar-refractivity contribution < 1.29 is 9.84 Å². The van der Waals surface area contributed by atoms with Gasteiger partial charge in [-0.05, 0) is 38.3 Å². The zero-order valence-electron chi connectivity index (χ0n) is 18.3. The fraction of sp³-hybridized carbons (Fsp3) is 0.714. The van der Waals surface area contributed by atoms with Gasteiger partial charge in [-0.25, -0.2) is 9.98 Å². The van der Waals surface area contributed by atoms with Crippen LogP contribution in [0, 0.1) is 0 Å². The molecule has 2 saturated heterocycles. The number of halogens is 1. The third-order valence-electron chi connectivity index (χ3n) is 5.31. The number of guanidine groups is 1. The van der Waals surface area contributed by atoms with Gasteiger partial charge in [0.05, 0.1) is 25.4 Å². The molecule has 2 aliphatic heterocycles.